The molecule has 3 heteroatoms. The summed E-state index contributed by atoms with van der Waals surface area (Å²) < 4.78 is 5.10. The molecule has 1 aromatic carbocycles. The molecule has 1 aromatic rings. The van der Waals surface area contributed by atoms with E-state index >= 15 is 0 Å². The van der Waals surface area contributed by atoms with Crippen LogP contribution in [0, 0.1) is 6.92 Å². The van der Waals surface area contributed by atoms with Gasteiger partial charge in [-0.15, -0.1) is 0 Å². The fourth-order valence-electron chi connectivity index (χ4n) is 1.30. The summed E-state index contributed by atoms with van der Waals surface area (Å²) >= 11 is 0. The number of methoxy groups -OCH3 is 1. The molecule has 0 radical (unpaired) electrons. The highest BCUT2D eigenvalue weighted by Crippen LogP contribution is 2.26. The molecule has 0 atom stereocenters. The Balaban J connectivity index is 3.31. The number of carbonyl (C=O) groups is 1. The van der Waals surface area contributed by atoms with Crippen molar-refractivity contribution in [3.8, 4) is 5.75 Å². The average Bonchev–Trinajstić information content (AvgIpc) is 2.17. The van der Waals surface area contributed by atoms with E-state index in [-0.39, 0.29) is 0 Å². The van der Waals surface area contributed by atoms with Crippen molar-refractivity contribution in [1.82, 2.24) is 0 Å². The van der Waals surface area contributed by atoms with Crippen LogP contribution in [0.1, 0.15) is 15.9 Å². The van der Waals surface area contributed by atoms with Crippen molar-refractivity contribution in [3.05, 3.63) is 23.3 Å². The Morgan fingerprint density at radius 3 is 2.62 bits per heavy atom. The highest BCUT2D eigenvalue weighted by atomic mass is 16.5. The third-order valence-electron chi connectivity index (χ3n) is 2.07. The van der Waals surface area contributed by atoms with Gasteiger partial charge in [-0.25, -0.2) is 0 Å². The van der Waals surface area contributed by atoms with Crippen molar-refractivity contribution in [2.45, 2.75) is 6.92 Å². The molecule has 0 saturated heterocycles. The van der Waals surface area contributed by atoms with Gasteiger partial charge in [-0.3, -0.25) is 4.79 Å². The summed E-state index contributed by atoms with van der Waals surface area (Å²) in [4.78, 5) is 10.8. The molecule has 0 fully saturated rings. The molecule has 0 saturated carbocycles. The van der Waals surface area contributed by atoms with Crippen LogP contribution >= 0.6 is 0 Å². The van der Waals surface area contributed by atoms with E-state index in [0.717, 1.165) is 23.3 Å². The van der Waals surface area contributed by atoms with E-state index in [1.165, 1.54) is 0 Å². The van der Waals surface area contributed by atoms with Gasteiger partial charge in [0.15, 0.2) is 6.29 Å². The highest BCUT2D eigenvalue weighted by molar-refractivity contribution is 5.87. The van der Waals surface area contributed by atoms with Crippen molar-refractivity contribution in [1.29, 1.82) is 0 Å². The van der Waals surface area contributed by atoms with Crippen LogP contribution in [0.2, 0.25) is 0 Å². The minimum atomic E-state index is 0.654. The summed E-state index contributed by atoms with van der Waals surface area (Å²) in [6.45, 7) is 1.86. The molecule has 13 heavy (non-hydrogen) atoms. The Morgan fingerprint density at radius 1 is 1.46 bits per heavy atom. The van der Waals surface area contributed by atoms with E-state index in [4.69, 9.17) is 4.74 Å². The first-order valence-corrected chi connectivity index (χ1v) is 4.05. The summed E-state index contributed by atoms with van der Waals surface area (Å²) in [6.07, 6.45) is 0.837. The van der Waals surface area contributed by atoms with Crippen molar-refractivity contribution in [3.63, 3.8) is 0 Å². The lowest BCUT2D eigenvalue weighted by Crippen LogP contribution is -1.99. The third kappa shape index (κ3) is 1.64. The maximum absolute atomic E-state index is 10.8. The van der Waals surface area contributed by atoms with Gasteiger partial charge in [-0.05, 0) is 19.1 Å². The minimum Gasteiger partial charge on any atom is -0.496 e. The second-order valence-corrected chi connectivity index (χ2v) is 2.72. The standard InChI is InChI=1S/C10H13NO2/c1-7-8(6-12)9(11-2)4-5-10(7)13-3/h4-6,11H,1-3H3. The summed E-state index contributed by atoms with van der Waals surface area (Å²) in [5, 5.41) is 2.95. The Labute approximate surface area is 77.7 Å². The van der Waals surface area contributed by atoms with Gasteiger partial charge in [-0.2, -0.15) is 0 Å². The number of carbonyl (C=O) groups excluding carboxylic acids is 1. The van der Waals surface area contributed by atoms with Gasteiger partial charge >= 0.3 is 0 Å². The van der Waals surface area contributed by atoms with Crippen LogP contribution in [0.5, 0.6) is 5.75 Å². The predicted octanol–water partition coefficient (Wildman–Crippen LogP) is 1.86. The molecule has 3 nitrogen and oxygen atoms in total. The fraction of sp³-hybridized carbons (Fsp3) is 0.300. The van der Waals surface area contributed by atoms with E-state index < -0.39 is 0 Å². The molecule has 1 N–H and O–H groups in total. The Morgan fingerprint density at radius 2 is 2.15 bits per heavy atom. The van der Waals surface area contributed by atoms with Gasteiger partial charge in [0.1, 0.15) is 5.75 Å². The molecule has 0 aromatic heterocycles. The first kappa shape index (κ1) is 9.58. The zero-order valence-electron chi connectivity index (χ0n) is 8.05. The summed E-state index contributed by atoms with van der Waals surface area (Å²) in [5.74, 6) is 0.737. The first-order chi connectivity index (χ1) is 6.24. The minimum absolute atomic E-state index is 0.654. The molecule has 0 bridgehead atoms. The Bertz CT molecular complexity index is 321. The molecule has 0 aliphatic carbocycles. The monoisotopic (exact) mass is 179 g/mol. The van der Waals surface area contributed by atoms with E-state index in [1.54, 1.807) is 14.2 Å². The van der Waals surface area contributed by atoms with Crippen molar-refractivity contribution < 1.29 is 9.53 Å². The molecule has 70 valence electrons. The first-order valence-electron chi connectivity index (χ1n) is 4.05. The fourth-order valence-corrected chi connectivity index (χ4v) is 1.30. The molecular weight excluding hydrogens is 166 g/mol. The molecule has 0 aliphatic rings. The number of rotatable bonds is 3. The number of anilines is 1. The van der Waals surface area contributed by atoms with Crippen molar-refractivity contribution in [2.75, 3.05) is 19.5 Å². The van der Waals surface area contributed by atoms with Gasteiger partial charge in [0, 0.05) is 23.9 Å². The van der Waals surface area contributed by atoms with Gasteiger partial charge < -0.3 is 10.1 Å². The lowest BCUT2D eigenvalue weighted by atomic mass is 10.1. The zero-order valence-corrected chi connectivity index (χ0v) is 8.05. The number of aldehydes is 1. The lowest BCUT2D eigenvalue weighted by molar-refractivity contribution is 0.112. The number of hydrogen-bond acceptors (Lipinski definition) is 3. The van der Waals surface area contributed by atoms with Gasteiger partial charge in [0.05, 0.1) is 7.11 Å². The van der Waals surface area contributed by atoms with Gasteiger partial charge in [0.2, 0.25) is 0 Å². The predicted molar refractivity (Wildman–Crippen MR) is 52.7 cm³/mol. The van der Waals surface area contributed by atoms with Crippen molar-refractivity contribution >= 4 is 12.0 Å². The van der Waals surface area contributed by atoms with E-state index in [1.807, 2.05) is 19.1 Å². The maximum atomic E-state index is 10.8. The van der Waals surface area contributed by atoms with E-state index in [0.29, 0.717) is 5.56 Å². The maximum Gasteiger partial charge on any atom is 0.152 e. The SMILES string of the molecule is CNc1ccc(OC)c(C)c1C=O. The summed E-state index contributed by atoms with van der Waals surface area (Å²) in [7, 11) is 3.38. The van der Waals surface area contributed by atoms with E-state index in [9.17, 15) is 4.79 Å². The Kier molecular flexibility index (Phi) is 2.90. The van der Waals surface area contributed by atoms with Crippen LogP contribution in [0.25, 0.3) is 0 Å². The average molecular weight is 179 g/mol. The third-order valence-corrected chi connectivity index (χ3v) is 2.07. The normalized spacial score (nSPS) is 9.46. The molecule has 1 rings (SSSR count). The second-order valence-electron chi connectivity index (χ2n) is 2.72. The number of benzene rings is 1. The quantitative estimate of drug-likeness (QED) is 0.720. The van der Waals surface area contributed by atoms with Crippen LogP contribution in [0.3, 0.4) is 0 Å². The molecule has 0 spiro atoms. The van der Waals surface area contributed by atoms with E-state index in [2.05, 4.69) is 5.32 Å². The molecule has 0 amide bonds. The van der Waals surface area contributed by atoms with Crippen LogP contribution in [0.4, 0.5) is 5.69 Å². The van der Waals surface area contributed by atoms with Crippen LogP contribution < -0.4 is 10.1 Å². The topological polar surface area (TPSA) is 38.3 Å². The smallest absolute Gasteiger partial charge is 0.152 e. The van der Waals surface area contributed by atoms with Crippen molar-refractivity contribution in [2.24, 2.45) is 0 Å². The van der Waals surface area contributed by atoms with Gasteiger partial charge in [-0.1, -0.05) is 0 Å². The summed E-state index contributed by atoms with van der Waals surface area (Å²) in [5.41, 5.74) is 2.35. The second kappa shape index (κ2) is 3.94. The van der Waals surface area contributed by atoms with Gasteiger partial charge in [0.25, 0.3) is 0 Å². The molecular formula is C10H13NO2. The zero-order chi connectivity index (χ0) is 9.84. The number of nitrogens with one attached hydrogen (secondary N) is 1. The summed E-state index contributed by atoms with van der Waals surface area (Å²) in [6, 6.07) is 3.67. The van der Waals surface area contributed by atoms with Crippen LogP contribution in [-0.4, -0.2) is 20.4 Å². The number of hydrogen-bond donors (Lipinski definition) is 1. The molecule has 0 unspecified atom stereocenters. The highest BCUT2D eigenvalue weighted by Gasteiger charge is 2.07. The number of ether oxygens (including phenoxy) is 1. The largest absolute Gasteiger partial charge is 0.496 e. The van der Waals surface area contributed by atoms with Crippen LogP contribution in [-0.2, 0) is 0 Å². The van der Waals surface area contributed by atoms with Crippen LogP contribution in [0.15, 0.2) is 12.1 Å². The Hall–Kier alpha value is -1.51. The molecule has 0 heterocycles. The lowest BCUT2D eigenvalue weighted by Gasteiger charge is -2.10. The molecule has 0 aliphatic heterocycles.